The van der Waals surface area contributed by atoms with Gasteiger partial charge in [-0.1, -0.05) is 35.3 Å². The van der Waals surface area contributed by atoms with E-state index >= 15 is 0 Å². The maximum atomic E-state index is 12.6. The van der Waals surface area contributed by atoms with Crippen LogP contribution in [-0.4, -0.2) is 51.5 Å². The molecule has 2 amide bonds. The van der Waals surface area contributed by atoms with Gasteiger partial charge in [-0.25, -0.2) is 0 Å². The van der Waals surface area contributed by atoms with E-state index in [-0.39, 0.29) is 23.4 Å². The molecule has 10 nitrogen and oxygen atoms in total. The lowest BCUT2D eigenvalue weighted by Crippen LogP contribution is -2.45. The Kier molecular flexibility index (Phi) is 10.0. The summed E-state index contributed by atoms with van der Waals surface area (Å²) >= 11 is 11.0. The number of amides is 2. The molecule has 0 aliphatic rings. The van der Waals surface area contributed by atoms with Crippen molar-refractivity contribution in [2.45, 2.75) is 29.6 Å². The molecule has 36 heavy (non-hydrogen) atoms. The Bertz CT molecular complexity index is 1100. The van der Waals surface area contributed by atoms with Crippen LogP contribution in [0.15, 0.2) is 48.5 Å². The summed E-state index contributed by atoms with van der Waals surface area (Å²) in [7, 11) is 0. The van der Waals surface area contributed by atoms with Crippen LogP contribution in [0, 0.1) is 10.1 Å². The standard InChI is InChI=1S/C21H18Cl2F3N3O7/c22-18(23)19(32)28-15(10-30)17(12-3-7-14(8-4-12)29(34)35)36-16(31)9-11-1-5-13(6-2-11)27-20(33)21(24,25)26/h1-8,15,17-18,30H,9-10H2,(H,27,33)(H,28,32)/t15-,17-/m1/s1. The Balaban J connectivity index is 2.19. The molecule has 0 unspecified atom stereocenters. The Morgan fingerprint density at radius 2 is 1.64 bits per heavy atom. The second-order valence-electron chi connectivity index (χ2n) is 7.18. The van der Waals surface area contributed by atoms with Gasteiger partial charge in [0.1, 0.15) is 6.10 Å². The van der Waals surface area contributed by atoms with Crippen molar-refractivity contribution in [2.75, 3.05) is 11.9 Å². The number of esters is 1. The predicted octanol–water partition coefficient (Wildman–Crippen LogP) is 3.20. The first kappa shape index (κ1) is 28.8. The second-order valence-corrected chi connectivity index (χ2v) is 8.28. The van der Waals surface area contributed by atoms with E-state index in [0.29, 0.717) is 5.56 Å². The lowest BCUT2D eigenvalue weighted by molar-refractivity contribution is -0.384. The summed E-state index contributed by atoms with van der Waals surface area (Å²) in [5.74, 6) is -3.92. The van der Waals surface area contributed by atoms with Gasteiger partial charge in [0.25, 0.3) is 11.6 Å². The van der Waals surface area contributed by atoms with Crippen LogP contribution in [0.2, 0.25) is 0 Å². The van der Waals surface area contributed by atoms with Gasteiger partial charge >= 0.3 is 18.1 Å². The molecular weight excluding hydrogens is 534 g/mol. The molecule has 0 fully saturated rings. The number of non-ortho nitro benzene ring substituents is 1. The third-order valence-electron chi connectivity index (χ3n) is 4.60. The molecule has 0 heterocycles. The van der Waals surface area contributed by atoms with Gasteiger partial charge in [-0.15, -0.1) is 0 Å². The van der Waals surface area contributed by atoms with E-state index in [4.69, 9.17) is 27.9 Å². The molecule has 2 aromatic carbocycles. The number of hydrogen-bond acceptors (Lipinski definition) is 7. The molecule has 3 N–H and O–H groups in total. The average molecular weight is 552 g/mol. The first-order chi connectivity index (χ1) is 16.8. The summed E-state index contributed by atoms with van der Waals surface area (Å²) in [6, 6.07) is 8.43. The molecule has 0 aliphatic heterocycles. The summed E-state index contributed by atoms with van der Waals surface area (Å²) < 4.78 is 42.5. The van der Waals surface area contributed by atoms with E-state index < -0.39 is 52.5 Å². The van der Waals surface area contributed by atoms with Crippen molar-refractivity contribution >= 4 is 52.4 Å². The molecule has 15 heteroatoms. The van der Waals surface area contributed by atoms with Crippen LogP contribution >= 0.6 is 23.2 Å². The fourth-order valence-electron chi connectivity index (χ4n) is 2.89. The molecule has 2 atom stereocenters. The molecule has 2 aromatic rings. The molecular formula is C21H18Cl2F3N3O7. The number of benzene rings is 2. The third-order valence-corrected chi connectivity index (χ3v) is 4.99. The second kappa shape index (κ2) is 12.5. The molecule has 2 rings (SSSR count). The summed E-state index contributed by atoms with van der Waals surface area (Å²) in [6.45, 7) is -0.727. The van der Waals surface area contributed by atoms with Gasteiger partial charge in [0.2, 0.25) is 0 Å². The number of carbonyl (C=O) groups excluding carboxylic acids is 3. The third kappa shape index (κ3) is 8.36. The summed E-state index contributed by atoms with van der Waals surface area (Å²) in [5.41, 5.74) is 0.0866. The number of alkyl halides is 5. The number of nitrogens with zero attached hydrogens (tertiary/aromatic N) is 1. The smallest absolute Gasteiger partial charge is 0.455 e. The van der Waals surface area contributed by atoms with Crippen molar-refractivity contribution in [2.24, 2.45) is 0 Å². The number of anilines is 1. The minimum Gasteiger partial charge on any atom is -0.455 e. The zero-order valence-electron chi connectivity index (χ0n) is 18.0. The van der Waals surface area contributed by atoms with Crippen molar-refractivity contribution in [3.05, 3.63) is 69.8 Å². The fraction of sp³-hybridized carbons (Fsp3) is 0.286. The van der Waals surface area contributed by atoms with Crippen molar-refractivity contribution < 1.29 is 42.3 Å². The number of aliphatic hydroxyl groups excluding tert-OH is 1. The van der Waals surface area contributed by atoms with Crippen LogP contribution in [0.25, 0.3) is 0 Å². The minimum atomic E-state index is -5.07. The molecule has 194 valence electrons. The predicted molar refractivity (Wildman–Crippen MR) is 121 cm³/mol. The van der Waals surface area contributed by atoms with Crippen LogP contribution in [0.1, 0.15) is 17.2 Å². The number of hydrogen-bond donors (Lipinski definition) is 3. The highest BCUT2D eigenvalue weighted by Crippen LogP contribution is 2.26. The van der Waals surface area contributed by atoms with Crippen LogP contribution < -0.4 is 10.6 Å². The molecule has 0 bridgehead atoms. The van der Waals surface area contributed by atoms with Gasteiger partial charge in [0, 0.05) is 17.8 Å². The number of carbonyl (C=O) groups is 3. The van der Waals surface area contributed by atoms with Crippen molar-refractivity contribution in [3.63, 3.8) is 0 Å². The number of nitro benzene ring substituents is 1. The Hall–Kier alpha value is -3.42. The Morgan fingerprint density at radius 3 is 2.11 bits per heavy atom. The Labute approximate surface area is 211 Å². The Morgan fingerprint density at radius 1 is 1.06 bits per heavy atom. The first-order valence-corrected chi connectivity index (χ1v) is 10.8. The molecule has 0 aliphatic carbocycles. The van der Waals surface area contributed by atoms with Gasteiger partial charge in [0.05, 0.1) is 24.0 Å². The average Bonchev–Trinajstić information content (AvgIpc) is 2.81. The van der Waals surface area contributed by atoms with E-state index in [9.17, 15) is 42.8 Å². The SMILES string of the molecule is O=C(Cc1ccc(NC(=O)C(F)(F)F)cc1)O[C@H](c1ccc([N+](=O)[O-])cc1)[C@@H](CO)NC(=O)C(Cl)Cl. The fourth-order valence-corrected chi connectivity index (χ4v) is 3.01. The molecule has 0 aromatic heterocycles. The number of rotatable bonds is 10. The molecule has 0 saturated carbocycles. The quantitative estimate of drug-likeness (QED) is 0.178. The lowest BCUT2D eigenvalue weighted by Gasteiger charge is -2.27. The number of ether oxygens (including phenoxy) is 1. The summed E-state index contributed by atoms with van der Waals surface area (Å²) in [6.07, 6.45) is -6.76. The van der Waals surface area contributed by atoms with E-state index in [1.54, 1.807) is 5.32 Å². The van der Waals surface area contributed by atoms with Gasteiger partial charge in [-0.2, -0.15) is 13.2 Å². The zero-order chi connectivity index (χ0) is 27.0. The van der Waals surface area contributed by atoms with Gasteiger partial charge < -0.3 is 20.5 Å². The largest absolute Gasteiger partial charge is 0.471 e. The van der Waals surface area contributed by atoms with Crippen molar-refractivity contribution in [1.82, 2.24) is 5.32 Å². The lowest BCUT2D eigenvalue weighted by atomic mass is 10.0. The van der Waals surface area contributed by atoms with E-state index in [2.05, 4.69) is 5.32 Å². The molecule has 0 spiro atoms. The van der Waals surface area contributed by atoms with E-state index in [1.165, 1.54) is 24.3 Å². The molecule has 0 radical (unpaired) electrons. The van der Waals surface area contributed by atoms with Crippen LogP contribution in [0.5, 0.6) is 0 Å². The normalized spacial score (nSPS) is 13.0. The maximum absolute atomic E-state index is 12.6. The minimum absolute atomic E-state index is 0.155. The van der Waals surface area contributed by atoms with Gasteiger partial charge in [-0.05, 0) is 35.4 Å². The van der Waals surface area contributed by atoms with Crippen LogP contribution in [0.3, 0.4) is 0 Å². The maximum Gasteiger partial charge on any atom is 0.471 e. The highest BCUT2D eigenvalue weighted by molar-refractivity contribution is 6.53. The number of halogens is 5. The first-order valence-electron chi connectivity index (χ1n) is 9.92. The summed E-state index contributed by atoms with van der Waals surface area (Å²) in [4.78, 5) is 44.3. The van der Waals surface area contributed by atoms with Gasteiger partial charge in [-0.3, -0.25) is 24.5 Å². The van der Waals surface area contributed by atoms with Crippen molar-refractivity contribution in [1.29, 1.82) is 0 Å². The number of nitro groups is 1. The number of nitrogens with one attached hydrogen (secondary N) is 2. The molecule has 0 saturated heterocycles. The topological polar surface area (TPSA) is 148 Å². The van der Waals surface area contributed by atoms with E-state index in [1.807, 2.05) is 0 Å². The zero-order valence-corrected chi connectivity index (χ0v) is 19.5. The monoisotopic (exact) mass is 551 g/mol. The van der Waals surface area contributed by atoms with Crippen LogP contribution in [-0.2, 0) is 25.5 Å². The van der Waals surface area contributed by atoms with E-state index in [0.717, 1.165) is 24.3 Å². The highest BCUT2D eigenvalue weighted by Gasteiger charge is 2.38. The van der Waals surface area contributed by atoms with Gasteiger partial charge in [0.15, 0.2) is 4.84 Å². The highest BCUT2D eigenvalue weighted by atomic mass is 35.5. The summed E-state index contributed by atoms with van der Waals surface area (Å²) in [5, 5.41) is 24.7. The van der Waals surface area contributed by atoms with Crippen LogP contribution in [0.4, 0.5) is 24.5 Å². The van der Waals surface area contributed by atoms with Crippen molar-refractivity contribution in [3.8, 4) is 0 Å². The number of aliphatic hydroxyl groups is 1.